The monoisotopic (exact) mass is 448 g/mol. The van der Waals surface area contributed by atoms with E-state index in [1.54, 1.807) is 0 Å². The third-order valence-corrected chi connectivity index (χ3v) is 5.72. The molecule has 4 rings (SSSR count). The minimum atomic E-state index is -0.366. The van der Waals surface area contributed by atoms with E-state index in [-0.39, 0.29) is 12.7 Å². The number of aromatic amines is 2. The average molecular weight is 449 g/mol. The Labute approximate surface area is 193 Å². The van der Waals surface area contributed by atoms with Gasteiger partial charge in [0.2, 0.25) is 0 Å². The summed E-state index contributed by atoms with van der Waals surface area (Å²) in [5.41, 5.74) is 4.35. The van der Waals surface area contributed by atoms with Crippen LogP contribution in [0.15, 0.2) is 60.9 Å². The standard InChI is InChI=1S/C26H32N4O3/c31-26(33-18-21-16-30-25-12-6-4-10-23(21)25)28-14-8-2-1-7-13-27-19-32-17-20-15-29-24-11-5-3-9-22(20)24/h3-6,9-12,15-16,27,29-30H,1-2,7-8,13-14,17-19H2,(H,28,31). The predicted molar refractivity (Wildman–Crippen MR) is 131 cm³/mol. The molecule has 0 fully saturated rings. The van der Waals surface area contributed by atoms with Gasteiger partial charge in [-0.05, 0) is 31.5 Å². The Bertz CT molecular complexity index is 1150. The molecule has 0 bridgehead atoms. The summed E-state index contributed by atoms with van der Waals surface area (Å²) >= 11 is 0. The summed E-state index contributed by atoms with van der Waals surface area (Å²) in [6, 6.07) is 16.2. The summed E-state index contributed by atoms with van der Waals surface area (Å²) in [6.07, 6.45) is 7.74. The second-order valence-electron chi connectivity index (χ2n) is 8.13. The first-order chi connectivity index (χ1) is 16.3. The van der Waals surface area contributed by atoms with E-state index in [9.17, 15) is 4.79 Å². The van der Waals surface area contributed by atoms with Crippen molar-refractivity contribution in [1.82, 2.24) is 20.6 Å². The van der Waals surface area contributed by atoms with E-state index in [1.165, 1.54) is 10.9 Å². The molecule has 0 saturated carbocycles. The number of hydrogen-bond donors (Lipinski definition) is 4. The first-order valence-electron chi connectivity index (χ1n) is 11.6. The molecular formula is C26H32N4O3. The van der Waals surface area contributed by atoms with Gasteiger partial charge in [-0.2, -0.15) is 0 Å². The van der Waals surface area contributed by atoms with Crippen LogP contribution in [0.2, 0.25) is 0 Å². The van der Waals surface area contributed by atoms with Gasteiger partial charge in [-0.15, -0.1) is 0 Å². The van der Waals surface area contributed by atoms with E-state index >= 15 is 0 Å². The Balaban J connectivity index is 0.976. The topological polar surface area (TPSA) is 91.2 Å². The molecule has 7 heteroatoms. The van der Waals surface area contributed by atoms with Gasteiger partial charge in [-0.25, -0.2) is 4.79 Å². The number of benzene rings is 2. The van der Waals surface area contributed by atoms with E-state index in [2.05, 4.69) is 32.7 Å². The Morgan fingerprint density at radius 3 is 2.06 bits per heavy atom. The fourth-order valence-corrected chi connectivity index (χ4v) is 3.92. The summed E-state index contributed by atoms with van der Waals surface area (Å²) in [7, 11) is 0. The van der Waals surface area contributed by atoms with Gasteiger partial charge < -0.3 is 24.8 Å². The van der Waals surface area contributed by atoms with Crippen LogP contribution in [-0.4, -0.2) is 35.9 Å². The van der Waals surface area contributed by atoms with Crippen LogP contribution in [0.25, 0.3) is 21.8 Å². The first kappa shape index (κ1) is 22.9. The summed E-state index contributed by atoms with van der Waals surface area (Å²) in [4.78, 5) is 18.3. The summed E-state index contributed by atoms with van der Waals surface area (Å²) in [5.74, 6) is 0. The van der Waals surface area contributed by atoms with Crippen molar-refractivity contribution in [3.8, 4) is 0 Å². The van der Waals surface area contributed by atoms with Crippen molar-refractivity contribution < 1.29 is 14.3 Å². The highest BCUT2D eigenvalue weighted by atomic mass is 16.5. The number of hydrogen-bond acceptors (Lipinski definition) is 4. The highest BCUT2D eigenvalue weighted by Crippen LogP contribution is 2.19. The largest absolute Gasteiger partial charge is 0.445 e. The molecular weight excluding hydrogens is 416 g/mol. The molecule has 0 aliphatic rings. The number of para-hydroxylation sites is 2. The van der Waals surface area contributed by atoms with Gasteiger partial charge >= 0.3 is 6.09 Å². The lowest BCUT2D eigenvalue weighted by atomic mass is 10.2. The van der Waals surface area contributed by atoms with E-state index < -0.39 is 0 Å². The number of carbonyl (C=O) groups is 1. The molecule has 0 radical (unpaired) electrons. The maximum absolute atomic E-state index is 11.9. The van der Waals surface area contributed by atoms with Crippen molar-refractivity contribution in [2.24, 2.45) is 0 Å². The molecule has 4 aromatic rings. The summed E-state index contributed by atoms with van der Waals surface area (Å²) < 4.78 is 11.1. The van der Waals surface area contributed by atoms with E-state index in [0.29, 0.717) is 19.9 Å². The summed E-state index contributed by atoms with van der Waals surface area (Å²) in [5, 5.41) is 8.45. The number of rotatable bonds is 13. The van der Waals surface area contributed by atoms with E-state index in [1.807, 2.05) is 48.8 Å². The van der Waals surface area contributed by atoms with Crippen LogP contribution in [0.3, 0.4) is 0 Å². The second kappa shape index (κ2) is 12.1. The average Bonchev–Trinajstić information content (AvgIpc) is 3.45. The molecule has 2 heterocycles. The van der Waals surface area contributed by atoms with Crippen molar-refractivity contribution in [2.45, 2.75) is 38.9 Å². The zero-order chi connectivity index (χ0) is 22.7. The van der Waals surface area contributed by atoms with Gasteiger partial charge in [-0.1, -0.05) is 49.2 Å². The third-order valence-electron chi connectivity index (χ3n) is 5.72. The van der Waals surface area contributed by atoms with Crippen LogP contribution in [0.4, 0.5) is 4.79 Å². The smallest absolute Gasteiger partial charge is 0.407 e. The van der Waals surface area contributed by atoms with Crippen molar-refractivity contribution in [2.75, 3.05) is 19.8 Å². The highest BCUT2D eigenvalue weighted by molar-refractivity contribution is 5.83. The number of carbonyl (C=O) groups excluding carboxylic acids is 1. The van der Waals surface area contributed by atoms with Crippen molar-refractivity contribution >= 4 is 27.9 Å². The lowest BCUT2D eigenvalue weighted by Crippen LogP contribution is -2.25. The summed E-state index contributed by atoms with van der Waals surface area (Å²) in [6.45, 7) is 2.97. The molecule has 4 N–H and O–H groups in total. The normalized spacial score (nSPS) is 11.3. The van der Waals surface area contributed by atoms with Crippen molar-refractivity contribution in [1.29, 1.82) is 0 Å². The number of unbranched alkanes of at least 4 members (excludes halogenated alkanes) is 3. The number of amides is 1. The molecule has 1 amide bonds. The van der Waals surface area contributed by atoms with Crippen LogP contribution >= 0.6 is 0 Å². The third kappa shape index (κ3) is 6.60. The Morgan fingerprint density at radius 1 is 0.758 bits per heavy atom. The zero-order valence-electron chi connectivity index (χ0n) is 18.9. The predicted octanol–water partition coefficient (Wildman–Crippen LogP) is 5.20. The van der Waals surface area contributed by atoms with Crippen LogP contribution in [0.1, 0.15) is 36.8 Å². The fourth-order valence-electron chi connectivity index (χ4n) is 3.92. The molecule has 0 saturated heterocycles. The molecule has 174 valence electrons. The van der Waals surface area contributed by atoms with E-state index in [4.69, 9.17) is 9.47 Å². The van der Waals surface area contributed by atoms with E-state index in [0.717, 1.165) is 54.2 Å². The zero-order valence-corrected chi connectivity index (χ0v) is 18.9. The molecule has 0 aliphatic heterocycles. The molecule has 0 aliphatic carbocycles. The number of aromatic nitrogens is 2. The Morgan fingerprint density at radius 2 is 1.36 bits per heavy atom. The van der Waals surface area contributed by atoms with Crippen molar-refractivity contribution in [3.05, 3.63) is 72.1 Å². The number of fused-ring (bicyclic) bond motifs is 2. The number of alkyl carbamates (subject to hydrolysis) is 1. The molecule has 2 aromatic heterocycles. The lowest BCUT2D eigenvalue weighted by molar-refractivity contribution is 0.104. The van der Waals surface area contributed by atoms with Gasteiger partial charge in [-0.3, -0.25) is 5.32 Å². The first-order valence-corrected chi connectivity index (χ1v) is 11.6. The number of H-pyrrole nitrogens is 2. The SMILES string of the molecule is O=C(NCCCCCCNCOCc1c[nH]c2ccccc12)OCc1c[nH]c2ccccc12. The van der Waals surface area contributed by atoms with Crippen LogP contribution in [0.5, 0.6) is 0 Å². The van der Waals surface area contributed by atoms with Crippen LogP contribution in [-0.2, 0) is 22.7 Å². The molecule has 33 heavy (non-hydrogen) atoms. The van der Waals surface area contributed by atoms with Gasteiger partial charge in [0.1, 0.15) is 6.61 Å². The van der Waals surface area contributed by atoms with Gasteiger partial charge in [0.05, 0.1) is 13.3 Å². The maximum Gasteiger partial charge on any atom is 0.407 e. The number of ether oxygens (including phenoxy) is 2. The van der Waals surface area contributed by atoms with Gasteiger partial charge in [0.15, 0.2) is 0 Å². The lowest BCUT2D eigenvalue weighted by Gasteiger charge is -2.07. The minimum Gasteiger partial charge on any atom is -0.445 e. The second-order valence-corrected chi connectivity index (χ2v) is 8.13. The fraction of sp³-hybridized carbons (Fsp3) is 0.346. The van der Waals surface area contributed by atoms with Crippen molar-refractivity contribution in [3.63, 3.8) is 0 Å². The highest BCUT2D eigenvalue weighted by Gasteiger charge is 2.06. The maximum atomic E-state index is 11.9. The van der Waals surface area contributed by atoms with Crippen LogP contribution in [0, 0.1) is 0 Å². The van der Waals surface area contributed by atoms with Gasteiger partial charge in [0.25, 0.3) is 0 Å². The number of nitrogens with one attached hydrogen (secondary N) is 4. The minimum absolute atomic E-state index is 0.268. The quantitative estimate of drug-likeness (QED) is 0.167. The molecule has 2 aromatic carbocycles. The van der Waals surface area contributed by atoms with Crippen LogP contribution < -0.4 is 10.6 Å². The molecule has 0 unspecified atom stereocenters. The molecule has 7 nitrogen and oxygen atoms in total. The van der Waals surface area contributed by atoms with Gasteiger partial charge in [0, 0.05) is 51.9 Å². The Kier molecular flexibility index (Phi) is 8.38. The molecule has 0 atom stereocenters. The Hall–Kier alpha value is -3.29. The molecule has 0 spiro atoms.